The number of aliphatic hydroxyl groups is 1. The summed E-state index contributed by atoms with van der Waals surface area (Å²) in [7, 11) is 0. The second-order valence-electron chi connectivity index (χ2n) is 3.55. The Hall–Kier alpha value is -1.27. The van der Waals surface area contributed by atoms with Crippen LogP contribution in [-0.2, 0) is 6.42 Å². The topological polar surface area (TPSA) is 72.0 Å². The Bertz CT molecular complexity index is 470. The molecule has 5 nitrogen and oxygen atoms in total. The van der Waals surface area contributed by atoms with Gasteiger partial charge in [-0.2, -0.15) is 4.98 Å². The van der Waals surface area contributed by atoms with Crippen LogP contribution in [0.25, 0.3) is 11.5 Å². The fourth-order valence-electron chi connectivity index (χ4n) is 1.36. The number of hydrogen-bond donors (Lipinski definition) is 1. The van der Waals surface area contributed by atoms with Gasteiger partial charge in [-0.15, -0.1) is 0 Å². The first-order chi connectivity index (χ1) is 8.29. The largest absolute Gasteiger partial charge is 0.396 e. The molecule has 2 aromatic rings. The monoisotopic (exact) mass is 297 g/mol. The van der Waals surface area contributed by atoms with Gasteiger partial charge in [0.05, 0.1) is 0 Å². The molecule has 0 radical (unpaired) electrons. The van der Waals surface area contributed by atoms with Crippen molar-refractivity contribution in [3.8, 4) is 11.5 Å². The smallest absolute Gasteiger partial charge is 0.227 e. The first kappa shape index (κ1) is 12.2. The van der Waals surface area contributed by atoms with Gasteiger partial charge in [0, 0.05) is 23.7 Å². The third-order valence-corrected chi connectivity index (χ3v) is 2.69. The van der Waals surface area contributed by atoms with Crippen LogP contribution in [0.5, 0.6) is 0 Å². The zero-order valence-electron chi connectivity index (χ0n) is 9.14. The van der Waals surface area contributed by atoms with Crippen LogP contribution in [0, 0.1) is 0 Å². The van der Waals surface area contributed by atoms with Crippen LogP contribution in [0.3, 0.4) is 0 Å². The Morgan fingerprint density at radius 1 is 1.29 bits per heavy atom. The summed E-state index contributed by atoms with van der Waals surface area (Å²) in [5.41, 5.74) is 0.686. The number of pyridine rings is 1. The number of rotatable bonds is 5. The van der Waals surface area contributed by atoms with E-state index in [-0.39, 0.29) is 6.61 Å². The number of aryl methyl sites for hydroxylation is 1. The summed E-state index contributed by atoms with van der Waals surface area (Å²) in [6.07, 6.45) is 3.96. The molecule has 2 rings (SSSR count). The van der Waals surface area contributed by atoms with Crippen molar-refractivity contribution in [3.05, 3.63) is 28.7 Å². The molecule has 17 heavy (non-hydrogen) atoms. The molecule has 0 unspecified atom stereocenters. The van der Waals surface area contributed by atoms with Crippen LogP contribution in [0.4, 0.5) is 0 Å². The summed E-state index contributed by atoms with van der Waals surface area (Å²) in [5, 5.41) is 12.5. The molecule has 0 aliphatic carbocycles. The second-order valence-corrected chi connectivity index (χ2v) is 4.47. The average molecular weight is 298 g/mol. The van der Waals surface area contributed by atoms with Crippen molar-refractivity contribution in [1.29, 1.82) is 0 Å². The van der Waals surface area contributed by atoms with Crippen LogP contribution in [0.1, 0.15) is 18.7 Å². The summed E-state index contributed by atoms with van der Waals surface area (Å²) >= 11 is 3.31. The van der Waals surface area contributed by atoms with Gasteiger partial charge in [-0.3, -0.25) is 4.98 Å². The summed E-state index contributed by atoms with van der Waals surface area (Å²) in [4.78, 5) is 8.43. The molecule has 2 aromatic heterocycles. The quantitative estimate of drug-likeness (QED) is 0.857. The predicted octanol–water partition coefficient (Wildman–Crippen LogP) is 2.21. The van der Waals surface area contributed by atoms with Crippen LogP contribution in [0.2, 0.25) is 0 Å². The van der Waals surface area contributed by atoms with Crippen molar-refractivity contribution >= 4 is 15.9 Å². The number of halogens is 1. The summed E-state index contributed by atoms with van der Waals surface area (Å²) in [5.74, 6) is 1.08. The fraction of sp³-hybridized carbons (Fsp3) is 0.364. The van der Waals surface area contributed by atoms with Gasteiger partial charge in [-0.05, 0) is 40.9 Å². The number of hydrogen-bond acceptors (Lipinski definition) is 5. The number of nitrogens with zero attached hydrogens (tertiary/aromatic N) is 3. The minimum atomic E-state index is 0.190. The summed E-state index contributed by atoms with van der Waals surface area (Å²) in [6.45, 7) is 0.190. The van der Waals surface area contributed by atoms with Gasteiger partial charge >= 0.3 is 0 Å². The van der Waals surface area contributed by atoms with Crippen LogP contribution < -0.4 is 0 Å². The van der Waals surface area contributed by atoms with Gasteiger partial charge in [0.2, 0.25) is 11.7 Å². The molecule has 0 aliphatic heterocycles. The van der Waals surface area contributed by atoms with Crippen molar-refractivity contribution in [2.45, 2.75) is 19.3 Å². The lowest BCUT2D eigenvalue weighted by Crippen LogP contribution is -1.89. The maximum Gasteiger partial charge on any atom is 0.227 e. The van der Waals surface area contributed by atoms with Crippen LogP contribution >= 0.6 is 15.9 Å². The van der Waals surface area contributed by atoms with Gasteiger partial charge < -0.3 is 9.63 Å². The molecule has 0 aromatic carbocycles. The van der Waals surface area contributed by atoms with Crippen LogP contribution in [-0.4, -0.2) is 26.8 Å². The van der Waals surface area contributed by atoms with E-state index >= 15 is 0 Å². The molecule has 1 N–H and O–H groups in total. The fourth-order valence-corrected chi connectivity index (χ4v) is 1.59. The van der Waals surface area contributed by atoms with Gasteiger partial charge in [0.1, 0.15) is 5.69 Å². The van der Waals surface area contributed by atoms with Gasteiger partial charge in [-0.25, -0.2) is 0 Å². The van der Waals surface area contributed by atoms with E-state index in [4.69, 9.17) is 9.63 Å². The Labute approximate surface area is 107 Å². The zero-order chi connectivity index (χ0) is 12.1. The molecule has 0 amide bonds. The van der Waals surface area contributed by atoms with Gasteiger partial charge in [-0.1, -0.05) is 5.16 Å². The Kier molecular flexibility index (Phi) is 4.22. The van der Waals surface area contributed by atoms with Crippen molar-refractivity contribution < 1.29 is 9.63 Å². The minimum absolute atomic E-state index is 0.190. The molecule has 6 heteroatoms. The zero-order valence-corrected chi connectivity index (χ0v) is 10.7. The van der Waals surface area contributed by atoms with E-state index in [1.807, 2.05) is 12.1 Å². The molecule has 0 atom stereocenters. The number of aromatic nitrogens is 3. The normalized spacial score (nSPS) is 10.7. The molecule has 0 bridgehead atoms. The van der Waals surface area contributed by atoms with E-state index in [2.05, 4.69) is 31.1 Å². The molecular weight excluding hydrogens is 286 g/mol. The Morgan fingerprint density at radius 2 is 2.18 bits per heavy atom. The van der Waals surface area contributed by atoms with Gasteiger partial charge in [0.15, 0.2) is 0 Å². The lowest BCUT2D eigenvalue weighted by atomic mass is 10.2. The average Bonchev–Trinajstić information content (AvgIpc) is 2.79. The number of unbranched alkanes of at least 4 members (excludes halogenated alkanes) is 1. The molecule has 0 fully saturated rings. The second kappa shape index (κ2) is 5.88. The molecule has 0 saturated heterocycles. The lowest BCUT2D eigenvalue weighted by Gasteiger charge is -1.93. The van der Waals surface area contributed by atoms with Crippen molar-refractivity contribution in [2.24, 2.45) is 0 Å². The molecule has 0 aliphatic rings. The third-order valence-electron chi connectivity index (χ3n) is 2.22. The highest BCUT2D eigenvalue weighted by Gasteiger charge is 2.09. The molecular formula is C11H12BrN3O2. The molecule has 0 saturated carbocycles. The summed E-state index contributed by atoms with van der Waals surface area (Å²) < 4.78 is 6.01. The highest BCUT2D eigenvalue weighted by Crippen LogP contribution is 2.16. The van der Waals surface area contributed by atoms with E-state index in [1.165, 1.54) is 0 Å². The minimum Gasteiger partial charge on any atom is -0.396 e. The Balaban J connectivity index is 2.04. The first-order valence-corrected chi connectivity index (χ1v) is 6.14. The summed E-state index contributed by atoms with van der Waals surface area (Å²) in [6, 6.07) is 3.70. The van der Waals surface area contributed by atoms with Crippen molar-refractivity contribution in [2.75, 3.05) is 6.61 Å². The van der Waals surface area contributed by atoms with E-state index in [1.54, 1.807) is 6.20 Å². The Morgan fingerprint density at radius 3 is 2.88 bits per heavy atom. The molecule has 0 spiro atoms. The maximum absolute atomic E-state index is 8.67. The molecule has 90 valence electrons. The maximum atomic E-state index is 8.67. The van der Waals surface area contributed by atoms with Gasteiger partial charge in [0.25, 0.3) is 0 Å². The van der Waals surface area contributed by atoms with Crippen LogP contribution in [0.15, 0.2) is 27.3 Å². The van der Waals surface area contributed by atoms with E-state index in [0.29, 0.717) is 23.8 Å². The first-order valence-electron chi connectivity index (χ1n) is 5.35. The molecule has 2 heterocycles. The van der Waals surface area contributed by atoms with Crippen molar-refractivity contribution in [3.63, 3.8) is 0 Å². The highest BCUT2D eigenvalue weighted by molar-refractivity contribution is 9.10. The van der Waals surface area contributed by atoms with E-state index in [0.717, 1.165) is 17.3 Å². The highest BCUT2D eigenvalue weighted by atomic mass is 79.9. The predicted molar refractivity (Wildman–Crippen MR) is 65.3 cm³/mol. The van der Waals surface area contributed by atoms with E-state index in [9.17, 15) is 0 Å². The van der Waals surface area contributed by atoms with Crippen molar-refractivity contribution in [1.82, 2.24) is 15.1 Å². The SMILES string of the molecule is OCCCCc1nc(-c2ccc(Br)cn2)no1. The number of aliphatic hydroxyl groups excluding tert-OH is 1. The lowest BCUT2D eigenvalue weighted by molar-refractivity contribution is 0.281. The standard InChI is InChI=1S/C11H12BrN3O2/c12-8-4-5-9(13-7-8)11-14-10(17-15-11)3-1-2-6-16/h4-5,7,16H,1-3,6H2. The third kappa shape index (κ3) is 3.34. The van der Waals surface area contributed by atoms with E-state index < -0.39 is 0 Å².